The van der Waals surface area contributed by atoms with E-state index in [2.05, 4.69) is 16.3 Å². The quantitative estimate of drug-likeness (QED) is 0.597. The number of rotatable bonds is 5. The first-order valence-electron chi connectivity index (χ1n) is 9.57. The van der Waals surface area contributed by atoms with Crippen LogP contribution in [-0.2, 0) is 4.79 Å². The van der Waals surface area contributed by atoms with Crippen LogP contribution in [0.5, 0.6) is 5.75 Å². The third kappa shape index (κ3) is 4.52. The Morgan fingerprint density at radius 2 is 2.03 bits per heavy atom. The second-order valence-corrected chi connectivity index (χ2v) is 8.42. The lowest BCUT2D eigenvalue weighted by Gasteiger charge is -2.26. The zero-order valence-electron chi connectivity index (χ0n) is 16.5. The number of aromatic nitrogens is 3. The van der Waals surface area contributed by atoms with E-state index in [-0.39, 0.29) is 11.7 Å². The Morgan fingerprint density at radius 1 is 1.23 bits per heavy atom. The zero-order chi connectivity index (χ0) is 21.1. The van der Waals surface area contributed by atoms with E-state index in [1.165, 1.54) is 17.3 Å². The van der Waals surface area contributed by atoms with Gasteiger partial charge in [-0.2, -0.15) is 0 Å². The molecule has 0 saturated heterocycles. The van der Waals surface area contributed by atoms with Gasteiger partial charge in [-0.15, -0.1) is 10.2 Å². The second kappa shape index (κ2) is 8.93. The number of aromatic hydroxyl groups is 1. The Hall–Kier alpha value is -2.77. The van der Waals surface area contributed by atoms with Gasteiger partial charge in [0.05, 0.1) is 11.4 Å². The maximum absolute atomic E-state index is 12.7. The van der Waals surface area contributed by atoms with Crippen LogP contribution in [0.25, 0.3) is 11.3 Å². The van der Waals surface area contributed by atoms with Crippen molar-refractivity contribution in [2.75, 3.05) is 18.8 Å². The lowest BCUT2D eigenvalue weighted by Crippen LogP contribution is -2.35. The van der Waals surface area contributed by atoms with Gasteiger partial charge in [-0.3, -0.25) is 9.36 Å². The number of benzene rings is 2. The number of phenolic OH excluding ortho intramolecular Hbond substituents is 1. The average molecular weight is 441 g/mol. The fourth-order valence-corrected chi connectivity index (χ4v) is 4.29. The third-order valence-electron chi connectivity index (χ3n) is 5.07. The topological polar surface area (TPSA) is 71.2 Å². The van der Waals surface area contributed by atoms with Crippen molar-refractivity contribution in [1.29, 1.82) is 0 Å². The molecule has 0 unspecified atom stereocenters. The summed E-state index contributed by atoms with van der Waals surface area (Å²) in [7, 11) is 0. The van der Waals surface area contributed by atoms with Gasteiger partial charge >= 0.3 is 0 Å². The Labute approximate surface area is 184 Å². The summed E-state index contributed by atoms with van der Waals surface area (Å²) in [5.41, 5.74) is 4.15. The molecule has 3 aromatic rings. The first-order chi connectivity index (χ1) is 14.5. The molecule has 4 rings (SSSR count). The van der Waals surface area contributed by atoms with Crippen molar-refractivity contribution in [3.8, 4) is 11.4 Å². The maximum Gasteiger partial charge on any atom is 0.233 e. The molecule has 1 N–H and O–H groups in total. The standard InChI is InChI=1S/C22H21ClN4O2S/c1-15-2-5-18(12-20(15)23)27-14-24-25-22(27)30-13-21(29)26-10-8-17(9-11-26)16-3-6-19(28)7-4-16/h2-8,12,14,28H,9-11,13H2,1H3. The highest BCUT2D eigenvalue weighted by atomic mass is 35.5. The minimum absolute atomic E-state index is 0.0671. The molecule has 154 valence electrons. The van der Waals surface area contributed by atoms with Gasteiger partial charge in [-0.05, 0) is 54.3 Å². The van der Waals surface area contributed by atoms with Crippen molar-refractivity contribution in [2.45, 2.75) is 18.5 Å². The van der Waals surface area contributed by atoms with Crippen LogP contribution < -0.4 is 0 Å². The molecule has 0 atom stereocenters. The predicted octanol–water partition coefficient (Wildman–Crippen LogP) is 4.34. The Morgan fingerprint density at radius 3 is 2.73 bits per heavy atom. The number of phenols is 1. The van der Waals surface area contributed by atoms with E-state index in [0.717, 1.165) is 23.2 Å². The summed E-state index contributed by atoms with van der Waals surface area (Å²) in [6.45, 7) is 3.20. The Bertz CT molecular complexity index is 1090. The minimum atomic E-state index is 0.0671. The average Bonchev–Trinajstić information content (AvgIpc) is 3.23. The maximum atomic E-state index is 12.7. The van der Waals surface area contributed by atoms with E-state index in [1.807, 2.05) is 46.7 Å². The van der Waals surface area contributed by atoms with Crippen molar-refractivity contribution in [3.63, 3.8) is 0 Å². The summed E-state index contributed by atoms with van der Waals surface area (Å²) in [5.74, 6) is 0.614. The molecule has 0 fully saturated rings. The predicted molar refractivity (Wildman–Crippen MR) is 119 cm³/mol. The van der Waals surface area contributed by atoms with Crippen LogP contribution in [0.3, 0.4) is 0 Å². The van der Waals surface area contributed by atoms with Crippen molar-refractivity contribution >= 4 is 34.8 Å². The lowest BCUT2D eigenvalue weighted by atomic mass is 9.99. The summed E-state index contributed by atoms with van der Waals surface area (Å²) in [6, 6.07) is 12.9. The van der Waals surface area contributed by atoms with E-state index in [9.17, 15) is 9.90 Å². The normalized spacial score (nSPS) is 13.9. The molecular formula is C22H21ClN4O2S. The van der Waals surface area contributed by atoms with Gasteiger partial charge in [0.25, 0.3) is 0 Å². The van der Waals surface area contributed by atoms with Gasteiger partial charge in [0, 0.05) is 18.1 Å². The molecule has 1 aliphatic heterocycles. The summed E-state index contributed by atoms with van der Waals surface area (Å²) in [5, 5.41) is 18.9. The van der Waals surface area contributed by atoms with Gasteiger partial charge in [0.15, 0.2) is 5.16 Å². The van der Waals surface area contributed by atoms with Crippen LogP contribution in [0.1, 0.15) is 17.5 Å². The van der Waals surface area contributed by atoms with Gasteiger partial charge in [0.1, 0.15) is 12.1 Å². The lowest BCUT2D eigenvalue weighted by molar-refractivity contribution is -0.127. The fourth-order valence-electron chi connectivity index (χ4n) is 3.28. The summed E-state index contributed by atoms with van der Waals surface area (Å²) >= 11 is 7.60. The smallest absolute Gasteiger partial charge is 0.233 e. The summed E-state index contributed by atoms with van der Waals surface area (Å²) in [6.07, 6.45) is 4.50. The molecule has 30 heavy (non-hydrogen) atoms. The summed E-state index contributed by atoms with van der Waals surface area (Å²) in [4.78, 5) is 14.5. The number of nitrogens with zero attached hydrogens (tertiary/aromatic N) is 4. The first-order valence-corrected chi connectivity index (χ1v) is 10.9. The number of hydrogen-bond acceptors (Lipinski definition) is 5. The van der Waals surface area contributed by atoms with Crippen LogP contribution in [0.4, 0.5) is 0 Å². The van der Waals surface area contributed by atoms with Crippen LogP contribution in [0.2, 0.25) is 5.02 Å². The highest BCUT2D eigenvalue weighted by molar-refractivity contribution is 7.99. The number of carbonyl (C=O) groups excluding carboxylic acids is 1. The number of amides is 1. The Kier molecular flexibility index (Phi) is 6.11. The van der Waals surface area contributed by atoms with E-state index < -0.39 is 0 Å². The summed E-state index contributed by atoms with van der Waals surface area (Å²) < 4.78 is 1.84. The van der Waals surface area contributed by atoms with Crippen LogP contribution >= 0.6 is 23.4 Å². The molecule has 2 heterocycles. The molecule has 1 aliphatic rings. The molecular weight excluding hydrogens is 420 g/mol. The molecule has 2 aromatic carbocycles. The zero-order valence-corrected chi connectivity index (χ0v) is 18.0. The highest BCUT2D eigenvalue weighted by Crippen LogP contribution is 2.26. The van der Waals surface area contributed by atoms with Crippen molar-refractivity contribution in [2.24, 2.45) is 0 Å². The molecule has 6 nitrogen and oxygen atoms in total. The molecule has 0 radical (unpaired) electrons. The number of halogens is 1. The van der Waals surface area contributed by atoms with E-state index in [0.29, 0.717) is 29.0 Å². The molecule has 0 bridgehead atoms. The van der Waals surface area contributed by atoms with Gasteiger partial charge in [-0.1, -0.05) is 47.6 Å². The highest BCUT2D eigenvalue weighted by Gasteiger charge is 2.19. The molecule has 8 heteroatoms. The van der Waals surface area contributed by atoms with Gasteiger partial charge in [-0.25, -0.2) is 0 Å². The van der Waals surface area contributed by atoms with Crippen LogP contribution in [0.15, 0.2) is 60.0 Å². The number of thioether (sulfide) groups is 1. The molecule has 0 saturated carbocycles. The van der Waals surface area contributed by atoms with Crippen molar-refractivity contribution in [3.05, 3.63) is 71.0 Å². The van der Waals surface area contributed by atoms with Crippen LogP contribution in [0, 0.1) is 6.92 Å². The molecule has 1 amide bonds. The second-order valence-electron chi connectivity index (χ2n) is 7.07. The van der Waals surface area contributed by atoms with Gasteiger partial charge < -0.3 is 10.0 Å². The SMILES string of the molecule is Cc1ccc(-n2cnnc2SCC(=O)N2CC=C(c3ccc(O)cc3)CC2)cc1Cl. The van der Waals surface area contributed by atoms with E-state index in [4.69, 9.17) is 11.6 Å². The van der Waals surface area contributed by atoms with E-state index in [1.54, 1.807) is 18.5 Å². The minimum Gasteiger partial charge on any atom is -0.508 e. The Balaban J connectivity index is 1.37. The van der Waals surface area contributed by atoms with Crippen LogP contribution in [-0.4, -0.2) is 49.5 Å². The number of hydrogen-bond donors (Lipinski definition) is 1. The number of carbonyl (C=O) groups is 1. The first kappa shape index (κ1) is 20.5. The number of aryl methyl sites for hydroxylation is 1. The van der Waals surface area contributed by atoms with Crippen molar-refractivity contribution < 1.29 is 9.90 Å². The van der Waals surface area contributed by atoms with Gasteiger partial charge in [0.2, 0.25) is 5.91 Å². The third-order valence-corrected chi connectivity index (χ3v) is 6.41. The van der Waals surface area contributed by atoms with Crippen molar-refractivity contribution in [1.82, 2.24) is 19.7 Å². The molecule has 0 aliphatic carbocycles. The molecule has 1 aromatic heterocycles. The monoisotopic (exact) mass is 440 g/mol. The molecule has 0 spiro atoms. The van der Waals surface area contributed by atoms with E-state index >= 15 is 0 Å². The fraction of sp³-hybridized carbons (Fsp3) is 0.227. The largest absolute Gasteiger partial charge is 0.508 e.